The van der Waals surface area contributed by atoms with Crippen LogP contribution in [-0.2, 0) is 21.2 Å². The van der Waals surface area contributed by atoms with Crippen LogP contribution in [0.1, 0.15) is 25.3 Å². The summed E-state index contributed by atoms with van der Waals surface area (Å²) in [6.07, 6.45) is 2.15. The quantitative estimate of drug-likeness (QED) is 0.795. The number of nitrogens with one attached hydrogen (secondary N) is 1. The molecule has 8 heteroatoms. The Bertz CT molecular complexity index is 737. The summed E-state index contributed by atoms with van der Waals surface area (Å²) >= 11 is 0. The van der Waals surface area contributed by atoms with E-state index in [9.17, 15) is 18.0 Å². The Kier molecular flexibility index (Phi) is 5.10. The summed E-state index contributed by atoms with van der Waals surface area (Å²) in [5.74, 6) is -0.0715. The zero-order valence-corrected chi connectivity index (χ0v) is 15.1. The second-order valence-corrected chi connectivity index (χ2v) is 8.45. The molecule has 7 nitrogen and oxygen atoms in total. The second-order valence-electron chi connectivity index (χ2n) is 6.51. The Balaban J connectivity index is 1.61. The zero-order chi connectivity index (χ0) is 18.0. The van der Waals surface area contributed by atoms with Crippen molar-refractivity contribution in [1.29, 1.82) is 0 Å². The number of amides is 3. The molecule has 3 rings (SSSR count). The fourth-order valence-corrected chi connectivity index (χ4v) is 4.75. The Morgan fingerprint density at radius 1 is 1.12 bits per heavy atom. The summed E-state index contributed by atoms with van der Waals surface area (Å²) in [6, 6.07) is 6.66. The van der Waals surface area contributed by atoms with Crippen LogP contribution in [0.15, 0.2) is 29.2 Å². The minimum atomic E-state index is -3.49. The Morgan fingerprint density at radius 3 is 2.28 bits per heavy atom. The minimum Gasteiger partial charge on any atom is -0.329 e. The third kappa shape index (κ3) is 3.69. The number of hydrogen-bond donors (Lipinski definition) is 1. The van der Waals surface area contributed by atoms with Gasteiger partial charge < -0.3 is 5.32 Å². The maximum absolute atomic E-state index is 12.7. The summed E-state index contributed by atoms with van der Waals surface area (Å²) in [6.45, 7) is 3.27. The van der Waals surface area contributed by atoms with E-state index in [4.69, 9.17) is 0 Å². The third-order valence-corrected chi connectivity index (χ3v) is 6.83. The van der Waals surface area contributed by atoms with Crippen LogP contribution < -0.4 is 5.32 Å². The second kappa shape index (κ2) is 7.13. The van der Waals surface area contributed by atoms with E-state index in [1.54, 1.807) is 12.1 Å². The highest BCUT2D eigenvalue weighted by atomic mass is 32.2. The smallest absolute Gasteiger partial charge is 0.324 e. The molecule has 2 aliphatic heterocycles. The first kappa shape index (κ1) is 17.9. The predicted octanol–water partition coefficient (Wildman–Crippen LogP) is 1.20. The van der Waals surface area contributed by atoms with Gasteiger partial charge in [0.2, 0.25) is 15.9 Å². The van der Waals surface area contributed by atoms with E-state index in [1.807, 2.05) is 19.1 Å². The molecule has 2 saturated heterocycles. The summed E-state index contributed by atoms with van der Waals surface area (Å²) in [7, 11) is -3.49. The SMILES string of the molecule is CCc1ccc(S(=O)(=O)N2CCC(CN3C(=O)CNC3=O)CC2)cc1. The first-order valence-corrected chi connectivity index (χ1v) is 10.0. The molecule has 0 unspecified atom stereocenters. The summed E-state index contributed by atoms with van der Waals surface area (Å²) in [5, 5.41) is 2.50. The molecule has 0 spiro atoms. The molecule has 1 aromatic rings. The molecule has 1 aromatic carbocycles. The van der Waals surface area contributed by atoms with Crippen LogP contribution in [0.2, 0.25) is 0 Å². The van der Waals surface area contributed by atoms with E-state index in [0.29, 0.717) is 37.4 Å². The fourth-order valence-electron chi connectivity index (χ4n) is 3.28. The lowest BCUT2D eigenvalue weighted by Crippen LogP contribution is -2.43. The number of aryl methyl sites for hydroxylation is 1. The Hall–Kier alpha value is -1.93. The van der Waals surface area contributed by atoms with Crippen molar-refractivity contribution in [1.82, 2.24) is 14.5 Å². The average Bonchev–Trinajstić information content (AvgIpc) is 2.94. The van der Waals surface area contributed by atoms with Crippen molar-refractivity contribution >= 4 is 22.0 Å². The normalized spacial score (nSPS) is 20.1. The number of urea groups is 1. The van der Waals surface area contributed by atoms with Gasteiger partial charge in [-0.25, -0.2) is 13.2 Å². The molecular weight excluding hydrogens is 342 g/mol. The fraction of sp³-hybridized carbons (Fsp3) is 0.529. The van der Waals surface area contributed by atoms with Gasteiger partial charge in [-0.15, -0.1) is 0 Å². The number of imide groups is 1. The molecule has 25 heavy (non-hydrogen) atoms. The van der Waals surface area contributed by atoms with Gasteiger partial charge in [-0.1, -0.05) is 19.1 Å². The average molecular weight is 365 g/mol. The maximum Gasteiger partial charge on any atom is 0.324 e. The van der Waals surface area contributed by atoms with Crippen LogP contribution in [0.3, 0.4) is 0 Å². The number of hydrogen-bond acceptors (Lipinski definition) is 4. The van der Waals surface area contributed by atoms with Crippen LogP contribution in [0.4, 0.5) is 4.79 Å². The standard InChI is InChI=1S/C17H23N3O4S/c1-2-13-3-5-15(6-4-13)25(23,24)19-9-7-14(8-10-19)12-20-16(21)11-18-17(20)22/h3-6,14H,2,7-12H2,1H3,(H,18,22). The van der Waals surface area contributed by atoms with Gasteiger partial charge in [0.05, 0.1) is 11.4 Å². The monoisotopic (exact) mass is 365 g/mol. The molecule has 136 valence electrons. The molecule has 0 aromatic heterocycles. The molecule has 2 heterocycles. The van der Waals surface area contributed by atoms with Crippen molar-refractivity contribution in [3.63, 3.8) is 0 Å². The lowest BCUT2D eigenvalue weighted by molar-refractivity contribution is -0.125. The topological polar surface area (TPSA) is 86.8 Å². The lowest BCUT2D eigenvalue weighted by Gasteiger charge is -2.32. The molecule has 1 N–H and O–H groups in total. The molecule has 0 radical (unpaired) electrons. The van der Waals surface area contributed by atoms with Crippen molar-refractivity contribution in [3.8, 4) is 0 Å². The van der Waals surface area contributed by atoms with Gasteiger partial charge in [0.15, 0.2) is 0 Å². The van der Waals surface area contributed by atoms with Gasteiger partial charge in [0.25, 0.3) is 0 Å². The van der Waals surface area contributed by atoms with E-state index < -0.39 is 10.0 Å². The highest BCUT2D eigenvalue weighted by Crippen LogP contribution is 2.25. The number of rotatable bonds is 5. The molecule has 2 fully saturated rings. The van der Waals surface area contributed by atoms with Gasteiger partial charge in [0.1, 0.15) is 0 Å². The maximum atomic E-state index is 12.7. The van der Waals surface area contributed by atoms with Gasteiger partial charge in [0, 0.05) is 19.6 Å². The van der Waals surface area contributed by atoms with E-state index in [0.717, 1.165) is 12.0 Å². The molecule has 0 aliphatic carbocycles. The van der Waals surface area contributed by atoms with Crippen molar-refractivity contribution < 1.29 is 18.0 Å². The first-order chi connectivity index (χ1) is 11.9. The van der Waals surface area contributed by atoms with Crippen molar-refractivity contribution in [2.75, 3.05) is 26.2 Å². The lowest BCUT2D eigenvalue weighted by atomic mass is 9.97. The molecular formula is C17H23N3O4S. The van der Waals surface area contributed by atoms with E-state index in [-0.39, 0.29) is 24.4 Å². The van der Waals surface area contributed by atoms with Gasteiger partial charge in [-0.05, 0) is 42.9 Å². The van der Waals surface area contributed by atoms with Crippen LogP contribution in [0, 0.1) is 5.92 Å². The molecule has 0 saturated carbocycles. The molecule has 0 bridgehead atoms. The highest BCUT2D eigenvalue weighted by molar-refractivity contribution is 7.89. The first-order valence-electron chi connectivity index (χ1n) is 8.59. The summed E-state index contributed by atoms with van der Waals surface area (Å²) in [5.41, 5.74) is 1.10. The minimum absolute atomic E-state index is 0.0554. The highest BCUT2D eigenvalue weighted by Gasteiger charge is 2.34. The van der Waals surface area contributed by atoms with Crippen LogP contribution in [0.5, 0.6) is 0 Å². The van der Waals surface area contributed by atoms with Crippen molar-refractivity contribution in [2.24, 2.45) is 5.92 Å². The number of nitrogens with zero attached hydrogens (tertiary/aromatic N) is 2. The predicted molar refractivity (Wildman–Crippen MR) is 92.4 cm³/mol. The van der Waals surface area contributed by atoms with Gasteiger partial charge in [-0.2, -0.15) is 4.31 Å². The Labute approximate surface area is 148 Å². The summed E-state index contributed by atoms with van der Waals surface area (Å²) in [4.78, 5) is 24.8. The van der Waals surface area contributed by atoms with Crippen LogP contribution >= 0.6 is 0 Å². The van der Waals surface area contributed by atoms with Gasteiger partial charge in [-0.3, -0.25) is 9.69 Å². The van der Waals surface area contributed by atoms with Gasteiger partial charge >= 0.3 is 6.03 Å². The summed E-state index contributed by atoms with van der Waals surface area (Å²) < 4.78 is 27.0. The number of sulfonamides is 1. The number of piperidine rings is 1. The van der Waals surface area contributed by atoms with Crippen LogP contribution in [-0.4, -0.2) is 55.7 Å². The molecule has 3 amide bonds. The molecule has 0 atom stereocenters. The van der Waals surface area contributed by atoms with E-state index in [2.05, 4.69) is 5.32 Å². The Morgan fingerprint density at radius 2 is 1.76 bits per heavy atom. The number of carbonyl (C=O) groups excluding carboxylic acids is 2. The third-order valence-electron chi connectivity index (χ3n) is 4.92. The van der Waals surface area contributed by atoms with Crippen molar-refractivity contribution in [2.45, 2.75) is 31.1 Å². The van der Waals surface area contributed by atoms with Crippen LogP contribution in [0.25, 0.3) is 0 Å². The van der Waals surface area contributed by atoms with E-state index in [1.165, 1.54) is 9.21 Å². The zero-order valence-electron chi connectivity index (χ0n) is 14.3. The number of benzene rings is 1. The molecule has 2 aliphatic rings. The van der Waals surface area contributed by atoms with E-state index >= 15 is 0 Å². The largest absolute Gasteiger partial charge is 0.329 e. The number of carbonyl (C=O) groups is 2. The van der Waals surface area contributed by atoms with Crippen molar-refractivity contribution in [3.05, 3.63) is 29.8 Å².